The lowest BCUT2D eigenvalue weighted by Crippen LogP contribution is -2.08. The molecule has 2 aromatic rings. The molecule has 1 aliphatic carbocycles. The van der Waals surface area contributed by atoms with Crippen LogP contribution in [0.2, 0.25) is 5.15 Å². The Morgan fingerprint density at radius 1 is 1.41 bits per heavy atom. The molecule has 0 N–H and O–H groups in total. The van der Waals surface area contributed by atoms with Gasteiger partial charge < -0.3 is 0 Å². The third kappa shape index (κ3) is 1.85. The first-order valence-corrected chi connectivity index (χ1v) is 7.35. The zero-order valence-electron chi connectivity index (χ0n) is 10.1. The van der Waals surface area contributed by atoms with Crippen molar-refractivity contribution in [3.05, 3.63) is 21.4 Å². The number of rotatable bonds is 1. The average molecular weight is 267 g/mol. The minimum Gasteiger partial charge on any atom is -0.222 e. The van der Waals surface area contributed by atoms with Crippen LogP contribution in [0.1, 0.15) is 36.5 Å². The Hall–Kier alpha value is -0.670. The Morgan fingerprint density at radius 3 is 3.00 bits per heavy atom. The Bertz CT molecular complexity index is 576. The molecule has 2 aromatic heterocycles. The fourth-order valence-electron chi connectivity index (χ4n) is 2.50. The molecule has 2 heterocycles. The van der Waals surface area contributed by atoms with Crippen LogP contribution in [-0.4, -0.2) is 9.97 Å². The normalized spacial score (nSPS) is 19.6. The average Bonchev–Trinajstić information content (AvgIpc) is 2.66. The van der Waals surface area contributed by atoms with E-state index >= 15 is 0 Å². The number of nitrogens with zero attached hydrogens (tertiary/aromatic N) is 2. The van der Waals surface area contributed by atoms with Crippen LogP contribution < -0.4 is 0 Å². The predicted molar refractivity (Wildman–Crippen MR) is 73.0 cm³/mol. The molecule has 17 heavy (non-hydrogen) atoms. The summed E-state index contributed by atoms with van der Waals surface area (Å²) in [6, 6.07) is 0. The second-order valence-electron chi connectivity index (χ2n) is 4.82. The molecule has 0 aliphatic heterocycles. The van der Waals surface area contributed by atoms with Crippen molar-refractivity contribution in [2.45, 2.75) is 39.5 Å². The van der Waals surface area contributed by atoms with E-state index in [0.717, 1.165) is 34.8 Å². The molecule has 0 aromatic carbocycles. The van der Waals surface area contributed by atoms with E-state index in [-0.39, 0.29) is 0 Å². The maximum atomic E-state index is 6.31. The van der Waals surface area contributed by atoms with Gasteiger partial charge in [0, 0.05) is 11.3 Å². The fourth-order valence-corrected chi connectivity index (χ4v) is 4.26. The summed E-state index contributed by atoms with van der Waals surface area (Å²) < 4.78 is 0. The summed E-state index contributed by atoms with van der Waals surface area (Å²) in [5.41, 5.74) is 1.41. The quantitative estimate of drug-likeness (QED) is 0.729. The van der Waals surface area contributed by atoms with Crippen LogP contribution in [0.5, 0.6) is 0 Å². The number of hydrogen-bond donors (Lipinski definition) is 0. The number of aromatic nitrogens is 2. The van der Waals surface area contributed by atoms with Gasteiger partial charge in [-0.05, 0) is 30.7 Å². The van der Waals surface area contributed by atoms with Gasteiger partial charge in [0.15, 0.2) is 0 Å². The lowest BCUT2D eigenvalue weighted by molar-refractivity contribution is 0.509. The number of fused-ring (bicyclic) bond motifs is 3. The van der Waals surface area contributed by atoms with E-state index in [1.165, 1.54) is 23.3 Å². The summed E-state index contributed by atoms with van der Waals surface area (Å²) in [5, 5.41) is 1.77. The molecule has 2 nitrogen and oxygen atoms in total. The number of hydrogen-bond acceptors (Lipinski definition) is 3. The molecule has 1 atom stereocenters. The van der Waals surface area contributed by atoms with Gasteiger partial charge in [0.25, 0.3) is 0 Å². The van der Waals surface area contributed by atoms with E-state index in [2.05, 4.69) is 23.8 Å². The molecule has 0 bridgehead atoms. The first kappa shape index (κ1) is 11.4. The van der Waals surface area contributed by atoms with Gasteiger partial charge in [-0.3, -0.25) is 0 Å². The minimum atomic E-state index is 0.652. The summed E-state index contributed by atoms with van der Waals surface area (Å²) in [4.78, 5) is 11.5. The molecular weight excluding hydrogens is 252 g/mol. The summed E-state index contributed by atoms with van der Waals surface area (Å²) in [5.74, 6) is 1.64. The first-order chi connectivity index (χ1) is 8.19. The molecule has 0 saturated heterocycles. The van der Waals surface area contributed by atoms with E-state index in [9.17, 15) is 0 Å². The van der Waals surface area contributed by atoms with Crippen LogP contribution >= 0.6 is 22.9 Å². The van der Waals surface area contributed by atoms with Gasteiger partial charge in [0.2, 0.25) is 0 Å². The molecule has 90 valence electrons. The van der Waals surface area contributed by atoms with Crippen LogP contribution in [0, 0.1) is 5.92 Å². The van der Waals surface area contributed by atoms with Gasteiger partial charge in [-0.25, -0.2) is 9.97 Å². The third-order valence-corrected chi connectivity index (χ3v) is 4.90. The second-order valence-corrected chi connectivity index (χ2v) is 6.26. The molecule has 3 rings (SSSR count). The monoisotopic (exact) mass is 266 g/mol. The largest absolute Gasteiger partial charge is 0.222 e. The smallest absolute Gasteiger partial charge is 0.141 e. The molecule has 0 saturated carbocycles. The summed E-state index contributed by atoms with van der Waals surface area (Å²) in [6.07, 6.45) is 4.40. The van der Waals surface area contributed by atoms with Crippen molar-refractivity contribution in [2.24, 2.45) is 5.92 Å². The Kier molecular flexibility index (Phi) is 2.83. The van der Waals surface area contributed by atoms with Crippen molar-refractivity contribution >= 4 is 33.2 Å². The van der Waals surface area contributed by atoms with E-state index in [0.29, 0.717) is 5.15 Å². The first-order valence-electron chi connectivity index (χ1n) is 6.15. The van der Waals surface area contributed by atoms with Crippen LogP contribution in [0.25, 0.3) is 10.2 Å². The highest BCUT2D eigenvalue weighted by Crippen LogP contribution is 2.39. The molecule has 0 radical (unpaired) electrons. The Morgan fingerprint density at radius 2 is 2.24 bits per heavy atom. The van der Waals surface area contributed by atoms with Crippen molar-refractivity contribution < 1.29 is 0 Å². The van der Waals surface area contributed by atoms with Gasteiger partial charge in [0.05, 0.1) is 5.39 Å². The van der Waals surface area contributed by atoms with Crippen molar-refractivity contribution in [2.75, 3.05) is 0 Å². The Balaban J connectivity index is 2.24. The van der Waals surface area contributed by atoms with Gasteiger partial charge in [0.1, 0.15) is 15.8 Å². The summed E-state index contributed by atoms with van der Waals surface area (Å²) >= 11 is 8.12. The summed E-state index contributed by atoms with van der Waals surface area (Å²) in [7, 11) is 0. The van der Waals surface area contributed by atoms with Crippen LogP contribution in [-0.2, 0) is 19.3 Å². The zero-order valence-corrected chi connectivity index (χ0v) is 11.7. The molecule has 1 unspecified atom stereocenters. The van der Waals surface area contributed by atoms with Gasteiger partial charge in [-0.2, -0.15) is 0 Å². The van der Waals surface area contributed by atoms with Gasteiger partial charge >= 0.3 is 0 Å². The molecule has 0 amide bonds. The fraction of sp³-hybridized carbons (Fsp3) is 0.538. The van der Waals surface area contributed by atoms with Crippen LogP contribution in [0.15, 0.2) is 0 Å². The molecular formula is C13H15ClN2S. The van der Waals surface area contributed by atoms with E-state index in [1.54, 1.807) is 0 Å². The van der Waals surface area contributed by atoms with Gasteiger partial charge in [-0.1, -0.05) is 25.4 Å². The number of thiophene rings is 1. The highest BCUT2D eigenvalue weighted by Gasteiger charge is 2.23. The third-order valence-electron chi connectivity index (χ3n) is 3.47. The minimum absolute atomic E-state index is 0.652. The molecule has 1 aliphatic rings. The molecule has 0 spiro atoms. The highest BCUT2D eigenvalue weighted by molar-refractivity contribution is 7.19. The maximum Gasteiger partial charge on any atom is 0.141 e. The predicted octanol–water partition coefficient (Wildman–Crippen LogP) is 4.03. The highest BCUT2D eigenvalue weighted by atomic mass is 35.5. The molecule has 0 fully saturated rings. The van der Waals surface area contributed by atoms with Crippen molar-refractivity contribution in [1.29, 1.82) is 0 Å². The lowest BCUT2D eigenvalue weighted by atomic mass is 9.89. The van der Waals surface area contributed by atoms with Crippen molar-refractivity contribution in [3.8, 4) is 0 Å². The lowest BCUT2D eigenvalue weighted by Gasteiger charge is -2.17. The Labute approximate surface area is 110 Å². The molecule has 4 heteroatoms. The van der Waals surface area contributed by atoms with Crippen LogP contribution in [0.3, 0.4) is 0 Å². The van der Waals surface area contributed by atoms with E-state index in [1.807, 2.05) is 11.3 Å². The maximum absolute atomic E-state index is 6.31. The van der Waals surface area contributed by atoms with E-state index in [4.69, 9.17) is 11.6 Å². The number of halogens is 1. The second kappa shape index (κ2) is 4.21. The number of aryl methyl sites for hydroxylation is 2. The standard InChI is InChI=1S/C13H15ClN2S/c1-3-10-15-12(14)11-8-5-4-7(2)6-9(8)17-13(11)16-10/h7H,3-6H2,1-2H3. The zero-order chi connectivity index (χ0) is 12.0. The van der Waals surface area contributed by atoms with Crippen LogP contribution in [0.4, 0.5) is 0 Å². The topological polar surface area (TPSA) is 25.8 Å². The van der Waals surface area contributed by atoms with E-state index < -0.39 is 0 Å². The van der Waals surface area contributed by atoms with Crippen molar-refractivity contribution in [3.63, 3.8) is 0 Å². The van der Waals surface area contributed by atoms with Gasteiger partial charge in [-0.15, -0.1) is 11.3 Å². The summed E-state index contributed by atoms with van der Waals surface area (Å²) in [6.45, 7) is 4.38. The van der Waals surface area contributed by atoms with Crippen molar-refractivity contribution in [1.82, 2.24) is 9.97 Å². The SMILES string of the molecule is CCc1nc(Cl)c2c3c(sc2n1)CC(C)CC3.